The summed E-state index contributed by atoms with van der Waals surface area (Å²) in [6.07, 6.45) is 5.80. The maximum Gasteiger partial charge on any atom is 0.328 e. The fourth-order valence-corrected chi connectivity index (χ4v) is 3.00. The van der Waals surface area contributed by atoms with Gasteiger partial charge in [-0.2, -0.15) is 5.10 Å². The number of carboxylic acids is 1. The average Bonchev–Trinajstić information content (AvgIpc) is 3.04. The Balaban J connectivity index is 1.68. The van der Waals surface area contributed by atoms with Crippen LogP contribution in [0.25, 0.3) is 0 Å². The molecule has 2 aliphatic heterocycles. The molecule has 1 aromatic rings. The summed E-state index contributed by atoms with van der Waals surface area (Å²) in [6.45, 7) is 3.33. The smallest absolute Gasteiger partial charge is 0.328 e. The topological polar surface area (TPSA) is 71.2 Å². The summed E-state index contributed by atoms with van der Waals surface area (Å²) in [7, 11) is 0. The van der Waals surface area contributed by atoms with Crippen LogP contribution in [-0.2, 0) is 17.6 Å². The standard InChI is InChI=1S/C13H20N4O2/c18-13(19)10-4-3-5-12-14-11(15-17(10)12)6-9-16-7-1-2-8-16/h10H,1-9H2,(H,18,19). The van der Waals surface area contributed by atoms with E-state index in [9.17, 15) is 9.90 Å². The zero-order chi connectivity index (χ0) is 13.2. The first kappa shape index (κ1) is 12.6. The van der Waals surface area contributed by atoms with Gasteiger partial charge in [-0.15, -0.1) is 0 Å². The molecule has 19 heavy (non-hydrogen) atoms. The van der Waals surface area contributed by atoms with Crippen LogP contribution >= 0.6 is 0 Å². The number of fused-ring (bicyclic) bond motifs is 1. The molecular weight excluding hydrogens is 244 g/mol. The normalized spacial score (nSPS) is 23.5. The molecule has 6 heteroatoms. The molecule has 0 bridgehead atoms. The Morgan fingerprint density at radius 2 is 2.11 bits per heavy atom. The van der Waals surface area contributed by atoms with Gasteiger partial charge in [-0.1, -0.05) is 0 Å². The highest BCUT2D eigenvalue weighted by Crippen LogP contribution is 2.23. The summed E-state index contributed by atoms with van der Waals surface area (Å²) < 4.78 is 1.63. The van der Waals surface area contributed by atoms with Crippen LogP contribution in [0.1, 0.15) is 43.4 Å². The Kier molecular flexibility index (Phi) is 3.50. The first-order chi connectivity index (χ1) is 9.24. The lowest BCUT2D eigenvalue weighted by Crippen LogP contribution is -2.26. The van der Waals surface area contributed by atoms with Crippen molar-refractivity contribution in [2.75, 3.05) is 19.6 Å². The molecule has 0 radical (unpaired) electrons. The summed E-state index contributed by atoms with van der Waals surface area (Å²) >= 11 is 0. The van der Waals surface area contributed by atoms with Gasteiger partial charge in [-0.25, -0.2) is 14.5 Å². The van der Waals surface area contributed by atoms with Crippen LogP contribution in [-0.4, -0.2) is 50.4 Å². The molecule has 1 saturated heterocycles. The van der Waals surface area contributed by atoms with Crippen molar-refractivity contribution in [3.8, 4) is 0 Å². The number of likely N-dealkylation sites (tertiary alicyclic amines) is 1. The maximum atomic E-state index is 11.2. The van der Waals surface area contributed by atoms with Crippen molar-refractivity contribution >= 4 is 5.97 Å². The molecule has 1 unspecified atom stereocenters. The van der Waals surface area contributed by atoms with Gasteiger partial charge in [0, 0.05) is 19.4 Å². The molecule has 0 aromatic carbocycles. The minimum Gasteiger partial charge on any atom is -0.480 e. The second-order valence-corrected chi connectivity index (χ2v) is 5.43. The number of aryl methyl sites for hydroxylation is 1. The molecule has 1 atom stereocenters. The van der Waals surface area contributed by atoms with E-state index in [1.54, 1.807) is 4.68 Å². The summed E-state index contributed by atoms with van der Waals surface area (Å²) in [5.74, 6) is 0.849. The highest BCUT2D eigenvalue weighted by atomic mass is 16.4. The van der Waals surface area contributed by atoms with E-state index in [-0.39, 0.29) is 0 Å². The van der Waals surface area contributed by atoms with Crippen LogP contribution in [0.15, 0.2) is 0 Å². The summed E-state index contributed by atoms with van der Waals surface area (Å²) in [6, 6.07) is -0.517. The van der Waals surface area contributed by atoms with Crippen molar-refractivity contribution in [3.63, 3.8) is 0 Å². The minimum atomic E-state index is -0.794. The van der Waals surface area contributed by atoms with Crippen molar-refractivity contribution in [1.29, 1.82) is 0 Å². The first-order valence-electron chi connectivity index (χ1n) is 7.13. The van der Waals surface area contributed by atoms with Crippen LogP contribution in [0.5, 0.6) is 0 Å². The van der Waals surface area contributed by atoms with Crippen LogP contribution in [0, 0.1) is 0 Å². The van der Waals surface area contributed by atoms with Crippen LogP contribution in [0.4, 0.5) is 0 Å². The van der Waals surface area contributed by atoms with Gasteiger partial charge in [-0.05, 0) is 38.8 Å². The SMILES string of the molecule is O=C(O)C1CCCc2nc(CCN3CCCC3)nn21. The van der Waals surface area contributed by atoms with Gasteiger partial charge >= 0.3 is 5.97 Å². The minimum absolute atomic E-state index is 0.517. The second kappa shape index (κ2) is 5.28. The summed E-state index contributed by atoms with van der Waals surface area (Å²) in [5, 5.41) is 13.6. The van der Waals surface area contributed by atoms with Gasteiger partial charge in [0.05, 0.1) is 0 Å². The zero-order valence-corrected chi connectivity index (χ0v) is 11.1. The van der Waals surface area contributed by atoms with E-state index in [0.717, 1.165) is 37.5 Å². The Bertz CT molecular complexity index is 465. The largest absolute Gasteiger partial charge is 0.480 e. The number of hydrogen-bond donors (Lipinski definition) is 1. The quantitative estimate of drug-likeness (QED) is 0.874. The van der Waals surface area contributed by atoms with Crippen molar-refractivity contribution in [2.24, 2.45) is 0 Å². The van der Waals surface area contributed by atoms with E-state index >= 15 is 0 Å². The third kappa shape index (κ3) is 2.63. The van der Waals surface area contributed by atoms with Gasteiger partial charge in [0.15, 0.2) is 11.9 Å². The van der Waals surface area contributed by atoms with Crippen LogP contribution in [0.2, 0.25) is 0 Å². The summed E-state index contributed by atoms with van der Waals surface area (Å²) in [5.41, 5.74) is 0. The number of carboxylic acid groups (broad SMARTS) is 1. The average molecular weight is 264 g/mol. The number of aromatic nitrogens is 3. The van der Waals surface area contributed by atoms with Crippen LogP contribution < -0.4 is 0 Å². The van der Waals surface area contributed by atoms with Gasteiger partial charge in [0.25, 0.3) is 0 Å². The third-order valence-electron chi connectivity index (χ3n) is 4.05. The number of aliphatic carboxylic acids is 1. The monoisotopic (exact) mass is 264 g/mol. The fourth-order valence-electron chi connectivity index (χ4n) is 3.00. The van der Waals surface area contributed by atoms with E-state index < -0.39 is 12.0 Å². The molecular formula is C13H20N4O2. The molecule has 3 heterocycles. The van der Waals surface area contributed by atoms with E-state index in [0.29, 0.717) is 6.42 Å². The molecule has 2 aliphatic rings. The molecule has 6 nitrogen and oxygen atoms in total. The molecule has 1 aromatic heterocycles. The Morgan fingerprint density at radius 1 is 1.32 bits per heavy atom. The number of carbonyl (C=O) groups is 1. The molecule has 0 saturated carbocycles. The van der Waals surface area contributed by atoms with Gasteiger partial charge < -0.3 is 10.0 Å². The Hall–Kier alpha value is -1.43. The van der Waals surface area contributed by atoms with Crippen LogP contribution in [0.3, 0.4) is 0 Å². The van der Waals surface area contributed by atoms with Crippen molar-refractivity contribution in [2.45, 2.75) is 44.6 Å². The predicted molar refractivity (Wildman–Crippen MR) is 69.0 cm³/mol. The Morgan fingerprint density at radius 3 is 2.84 bits per heavy atom. The number of nitrogens with zero attached hydrogens (tertiary/aromatic N) is 4. The molecule has 0 aliphatic carbocycles. The van der Waals surface area contributed by atoms with Crippen molar-refractivity contribution < 1.29 is 9.90 Å². The Labute approximate surface area is 112 Å². The molecule has 0 spiro atoms. The molecule has 1 fully saturated rings. The predicted octanol–water partition coefficient (Wildman–Crippen LogP) is 0.878. The van der Waals surface area contributed by atoms with Gasteiger partial charge in [-0.3, -0.25) is 0 Å². The number of hydrogen-bond acceptors (Lipinski definition) is 4. The maximum absolute atomic E-state index is 11.2. The highest BCUT2D eigenvalue weighted by Gasteiger charge is 2.28. The van der Waals surface area contributed by atoms with E-state index in [4.69, 9.17) is 0 Å². The van der Waals surface area contributed by atoms with E-state index in [1.165, 1.54) is 25.9 Å². The van der Waals surface area contributed by atoms with Gasteiger partial charge in [0.1, 0.15) is 5.82 Å². The van der Waals surface area contributed by atoms with E-state index in [2.05, 4.69) is 15.0 Å². The third-order valence-corrected chi connectivity index (χ3v) is 4.05. The first-order valence-corrected chi connectivity index (χ1v) is 7.13. The number of rotatable bonds is 4. The zero-order valence-electron chi connectivity index (χ0n) is 11.1. The molecule has 3 rings (SSSR count). The van der Waals surface area contributed by atoms with E-state index in [1.807, 2.05) is 0 Å². The fraction of sp³-hybridized carbons (Fsp3) is 0.769. The van der Waals surface area contributed by atoms with Crippen molar-refractivity contribution in [1.82, 2.24) is 19.7 Å². The van der Waals surface area contributed by atoms with Gasteiger partial charge in [0.2, 0.25) is 0 Å². The molecule has 104 valence electrons. The molecule has 1 N–H and O–H groups in total. The van der Waals surface area contributed by atoms with Crippen molar-refractivity contribution in [3.05, 3.63) is 11.6 Å². The molecule has 0 amide bonds. The summed E-state index contributed by atoms with van der Waals surface area (Å²) in [4.78, 5) is 18.1. The lowest BCUT2D eigenvalue weighted by atomic mass is 10.1. The lowest BCUT2D eigenvalue weighted by molar-refractivity contribution is -0.141. The highest BCUT2D eigenvalue weighted by molar-refractivity contribution is 5.71. The lowest BCUT2D eigenvalue weighted by Gasteiger charge is -2.19. The second-order valence-electron chi connectivity index (χ2n) is 5.43.